The van der Waals surface area contributed by atoms with Crippen molar-refractivity contribution in [2.75, 3.05) is 0 Å². The second kappa shape index (κ2) is 3.74. The maximum Gasteiger partial charge on any atom is 0.345 e. The van der Waals surface area contributed by atoms with Crippen molar-refractivity contribution in [3.8, 4) is 0 Å². The standard InChI is InChI=1S/C12H12O2S/c1-3-7(2)8-4-5-9-10(6-8)11(13)14-12(9)15/h4-7H,3H2,1-2H3. The smallest absolute Gasteiger partial charge is 0.345 e. The Morgan fingerprint density at radius 1 is 1.40 bits per heavy atom. The van der Waals surface area contributed by atoms with Crippen LogP contribution in [-0.4, -0.2) is 11.0 Å². The molecule has 0 fully saturated rings. The van der Waals surface area contributed by atoms with E-state index in [1.807, 2.05) is 18.2 Å². The van der Waals surface area contributed by atoms with Crippen molar-refractivity contribution in [3.05, 3.63) is 34.9 Å². The van der Waals surface area contributed by atoms with Gasteiger partial charge in [-0.3, -0.25) is 0 Å². The number of cyclic esters (lactones) is 1. The molecule has 1 aliphatic rings. The van der Waals surface area contributed by atoms with Crippen LogP contribution in [0.15, 0.2) is 18.2 Å². The van der Waals surface area contributed by atoms with Gasteiger partial charge in [0.25, 0.3) is 0 Å². The normalized spacial score (nSPS) is 16.1. The number of fused-ring (bicyclic) bond motifs is 1. The van der Waals surface area contributed by atoms with Gasteiger partial charge >= 0.3 is 5.97 Å². The lowest BCUT2D eigenvalue weighted by atomic mass is 9.95. The van der Waals surface area contributed by atoms with Crippen molar-refractivity contribution in [2.24, 2.45) is 0 Å². The minimum atomic E-state index is -0.319. The number of thiocarbonyl (C=S) groups is 1. The van der Waals surface area contributed by atoms with E-state index >= 15 is 0 Å². The van der Waals surface area contributed by atoms with E-state index in [0.29, 0.717) is 16.5 Å². The van der Waals surface area contributed by atoms with Crippen molar-refractivity contribution in [1.29, 1.82) is 0 Å². The Kier molecular flexibility index (Phi) is 2.57. The fraction of sp³-hybridized carbons (Fsp3) is 0.333. The van der Waals surface area contributed by atoms with Crippen LogP contribution in [0.5, 0.6) is 0 Å². The molecule has 0 aromatic heterocycles. The van der Waals surface area contributed by atoms with Gasteiger partial charge in [-0.15, -0.1) is 0 Å². The molecular weight excluding hydrogens is 208 g/mol. The van der Waals surface area contributed by atoms with Crippen LogP contribution in [0.2, 0.25) is 0 Å². The number of ether oxygens (including phenoxy) is 1. The van der Waals surface area contributed by atoms with E-state index in [4.69, 9.17) is 17.0 Å². The lowest BCUT2D eigenvalue weighted by Crippen LogP contribution is -1.97. The van der Waals surface area contributed by atoms with E-state index in [0.717, 1.165) is 17.5 Å². The number of hydrogen-bond donors (Lipinski definition) is 0. The van der Waals surface area contributed by atoms with Crippen molar-refractivity contribution >= 4 is 23.2 Å². The molecule has 0 saturated carbocycles. The maximum atomic E-state index is 11.4. The zero-order valence-electron chi connectivity index (χ0n) is 8.74. The molecule has 0 spiro atoms. The van der Waals surface area contributed by atoms with Gasteiger partial charge in [-0.1, -0.05) is 19.9 Å². The largest absolute Gasteiger partial charge is 0.410 e. The van der Waals surface area contributed by atoms with Crippen molar-refractivity contribution in [3.63, 3.8) is 0 Å². The molecule has 2 nitrogen and oxygen atoms in total. The van der Waals surface area contributed by atoms with Crippen LogP contribution in [0.25, 0.3) is 0 Å². The molecule has 1 heterocycles. The molecule has 0 radical (unpaired) electrons. The summed E-state index contributed by atoms with van der Waals surface area (Å²) in [4.78, 5) is 11.4. The highest BCUT2D eigenvalue weighted by atomic mass is 32.1. The number of hydrogen-bond acceptors (Lipinski definition) is 3. The Labute approximate surface area is 94.2 Å². The van der Waals surface area contributed by atoms with E-state index in [-0.39, 0.29) is 5.97 Å². The Bertz CT molecular complexity index is 437. The van der Waals surface area contributed by atoms with Gasteiger partial charge in [0.2, 0.25) is 5.05 Å². The second-order valence-corrected chi connectivity index (χ2v) is 4.16. The summed E-state index contributed by atoms with van der Waals surface area (Å²) < 4.78 is 4.89. The monoisotopic (exact) mass is 220 g/mol. The summed E-state index contributed by atoms with van der Waals surface area (Å²) in [6.45, 7) is 4.27. The average molecular weight is 220 g/mol. The molecule has 0 N–H and O–H groups in total. The molecule has 1 aromatic rings. The third-order valence-electron chi connectivity index (χ3n) is 2.85. The highest BCUT2D eigenvalue weighted by molar-refractivity contribution is 7.80. The van der Waals surface area contributed by atoms with Crippen molar-refractivity contribution in [1.82, 2.24) is 0 Å². The highest BCUT2D eigenvalue weighted by Crippen LogP contribution is 2.26. The van der Waals surface area contributed by atoms with Crippen LogP contribution in [-0.2, 0) is 4.74 Å². The quantitative estimate of drug-likeness (QED) is 0.566. The van der Waals surface area contributed by atoms with Gasteiger partial charge in [-0.25, -0.2) is 4.79 Å². The third-order valence-corrected chi connectivity index (χ3v) is 3.15. The van der Waals surface area contributed by atoms with Crippen LogP contribution in [0.4, 0.5) is 0 Å². The summed E-state index contributed by atoms with van der Waals surface area (Å²) in [6, 6.07) is 5.79. The van der Waals surface area contributed by atoms with Gasteiger partial charge in [0, 0.05) is 5.56 Å². The first-order valence-electron chi connectivity index (χ1n) is 5.04. The van der Waals surface area contributed by atoms with Gasteiger partial charge in [-0.05, 0) is 42.3 Å². The summed E-state index contributed by atoms with van der Waals surface area (Å²) >= 11 is 4.95. The average Bonchev–Trinajstić information content (AvgIpc) is 2.53. The molecule has 1 atom stereocenters. The predicted octanol–water partition coefficient (Wildman–Crippen LogP) is 3.05. The number of carbonyl (C=O) groups excluding carboxylic acids is 1. The van der Waals surface area contributed by atoms with Crippen LogP contribution in [0.1, 0.15) is 47.7 Å². The molecule has 1 unspecified atom stereocenters. The van der Waals surface area contributed by atoms with E-state index in [1.165, 1.54) is 0 Å². The van der Waals surface area contributed by atoms with Crippen LogP contribution >= 0.6 is 12.2 Å². The van der Waals surface area contributed by atoms with E-state index in [9.17, 15) is 4.79 Å². The first-order chi connectivity index (χ1) is 7.13. The lowest BCUT2D eigenvalue weighted by Gasteiger charge is -2.08. The molecule has 3 heteroatoms. The lowest BCUT2D eigenvalue weighted by molar-refractivity contribution is 0.0741. The molecule has 1 aromatic carbocycles. The summed E-state index contributed by atoms with van der Waals surface area (Å²) in [5, 5.41) is 0.297. The summed E-state index contributed by atoms with van der Waals surface area (Å²) in [7, 11) is 0. The van der Waals surface area contributed by atoms with Crippen LogP contribution in [0.3, 0.4) is 0 Å². The molecule has 78 valence electrons. The minimum Gasteiger partial charge on any atom is -0.410 e. The Hall–Kier alpha value is -1.22. The van der Waals surface area contributed by atoms with Crippen LogP contribution in [0, 0.1) is 0 Å². The van der Waals surface area contributed by atoms with E-state index < -0.39 is 0 Å². The molecule has 0 bridgehead atoms. The topological polar surface area (TPSA) is 26.3 Å². The predicted molar refractivity (Wildman–Crippen MR) is 62.3 cm³/mol. The van der Waals surface area contributed by atoms with Gasteiger partial charge in [-0.2, -0.15) is 0 Å². The van der Waals surface area contributed by atoms with Crippen molar-refractivity contribution in [2.45, 2.75) is 26.2 Å². The zero-order valence-corrected chi connectivity index (χ0v) is 9.56. The Balaban J connectivity index is 2.47. The highest BCUT2D eigenvalue weighted by Gasteiger charge is 2.26. The van der Waals surface area contributed by atoms with Gasteiger partial charge in [0.05, 0.1) is 5.56 Å². The Morgan fingerprint density at radius 3 is 2.80 bits per heavy atom. The molecule has 0 aliphatic carbocycles. The first-order valence-corrected chi connectivity index (χ1v) is 5.44. The fourth-order valence-corrected chi connectivity index (χ4v) is 1.90. The maximum absolute atomic E-state index is 11.4. The molecule has 15 heavy (non-hydrogen) atoms. The zero-order chi connectivity index (χ0) is 11.0. The van der Waals surface area contributed by atoms with Gasteiger partial charge < -0.3 is 4.74 Å². The summed E-state index contributed by atoms with van der Waals surface area (Å²) in [5.74, 6) is 0.137. The van der Waals surface area contributed by atoms with Gasteiger partial charge in [0.15, 0.2) is 0 Å². The molecular formula is C12H12O2S. The van der Waals surface area contributed by atoms with E-state index in [2.05, 4.69) is 13.8 Å². The van der Waals surface area contributed by atoms with Gasteiger partial charge in [0.1, 0.15) is 0 Å². The molecule has 0 saturated heterocycles. The minimum absolute atomic E-state index is 0.297. The molecule has 1 aliphatic heterocycles. The molecule has 0 amide bonds. The molecule has 2 rings (SSSR count). The Morgan fingerprint density at radius 2 is 2.13 bits per heavy atom. The van der Waals surface area contributed by atoms with Crippen molar-refractivity contribution < 1.29 is 9.53 Å². The second-order valence-electron chi connectivity index (χ2n) is 3.79. The van der Waals surface area contributed by atoms with Crippen LogP contribution < -0.4 is 0 Å². The summed E-state index contributed by atoms with van der Waals surface area (Å²) in [5.41, 5.74) is 2.53. The number of esters is 1. The first kappa shape index (κ1) is 10.3. The third kappa shape index (κ3) is 1.67. The number of benzene rings is 1. The SMILES string of the molecule is CCC(C)c1ccc2c(c1)C(=O)OC2=S. The number of carbonyl (C=O) groups is 1. The fourth-order valence-electron chi connectivity index (χ4n) is 1.65. The number of rotatable bonds is 2. The summed E-state index contributed by atoms with van der Waals surface area (Å²) in [6.07, 6.45) is 1.05. The van der Waals surface area contributed by atoms with E-state index in [1.54, 1.807) is 0 Å².